The van der Waals surface area contributed by atoms with Gasteiger partial charge in [-0.1, -0.05) is 59.6 Å². The summed E-state index contributed by atoms with van der Waals surface area (Å²) in [6.07, 6.45) is 1.42. The SMILES string of the molecule is Cc1ccccc1NC(=O)/C(C#N)=C/c1cc(Cl)c(OCCOCCOc2ccccc2C)c(Cl)c1. The minimum Gasteiger partial charge on any atom is -0.491 e. The van der Waals surface area contributed by atoms with Crippen molar-refractivity contribution < 1.29 is 19.0 Å². The second kappa shape index (κ2) is 13.6. The van der Waals surface area contributed by atoms with Crippen molar-refractivity contribution in [3.05, 3.63) is 93.0 Å². The number of halogens is 2. The van der Waals surface area contributed by atoms with Crippen LogP contribution in [0.3, 0.4) is 0 Å². The number of anilines is 1. The Bertz CT molecular complexity index is 1260. The number of carbonyl (C=O) groups excluding carboxylic acids is 1. The first-order valence-corrected chi connectivity index (χ1v) is 12.0. The quantitative estimate of drug-likeness (QED) is 0.173. The summed E-state index contributed by atoms with van der Waals surface area (Å²) in [5.41, 5.74) is 3.00. The van der Waals surface area contributed by atoms with Crippen LogP contribution in [0.1, 0.15) is 16.7 Å². The molecule has 0 spiro atoms. The van der Waals surface area contributed by atoms with E-state index >= 15 is 0 Å². The predicted octanol–water partition coefficient (Wildman–Crippen LogP) is 6.63. The van der Waals surface area contributed by atoms with Gasteiger partial charge in [-0.25, -0.2) is 0 Å². The van der Waals surface area contributed by atoms with Crippen LogP contribution in [-0.4, -0.2) is 32.3 Å². The largest absolute Gasteiger partial charge is 0.491 e. The van der Waals surface area contributed by atoms with Gasteiger partial charge in [-0.3, -0.25) is 4.79 Å². The van der Waals surface area contributed by atoms with Gasteiger partial charge in [0.05, 0.1) is 23.3 Å². The lowest BCUT2D eigenvalue weighted by Gasteiger charge is -2.12. The van der Waals surface area contributed by atoms with E-state index in [1.807, 2.05) is 56.3 Å². The van der Waals surface area contributed by atoms with E-state index in [-0.39, 0.29) is 22.2 Å². The third-order valence-electron chi connectivity index (χ3n) is 5.14. The van der Waals surface area contributed by atoms with Crippen molar-refractivity contribution in [2.24, 2.45) is 0 Å². The van der Waals surface area contributed by atoms with Gasteiger partial charge in [-0.2, -0.15) is 5.26 Å². The molecule has 0 aliphatic carbocycles. The fraction of sp³-hybridized carbons (Fsp3) is 0.214. The Morgan fingerprint density at radius 1 is 0.917 bits per heavy atom. The molecule has 0 bridgehead atoms. The van der Waals surface area contributed by atoms with Crippen LogP contribution in [0.4, 0.5) is 5.69 Å². The number of ether oxygens (including phenoxy) is 3. The highest BCUT2D eigenvalue weighted by Crippen LogP contribution is 2.35. The lowest BCUT2D eigenvalue weighted by atomic mass is 10.1. The van der Waals surface area contributed by atoms with Crippen molar-refractivity contribution in [3.63, 3.8) is 0 Å². The molecule has 1 amide bonds. The summed E-state index contributed by atoms with van der Waals surface area (Å²) in [7, 11) is 0. The average molecular weight is 525 g/mol. The molecule has 0 heterocycles. The van der Waals surface area contributed by atoms with Gasteiger partial charge >= 0.3 is 0 Å². The van der Waals surface area contributed by atoms with E-state index in [2.05, 4.69) is 5.32 Å². The van der Waals surface area contributed by atoms with Gasteiger partial charge in [-0.05, 0) is 60.9 Å². The summed E-state index contributed by atoms with van der Waals surface area (Å²) < 4.78 is 16.9. The van der Waals surface area contributed by atoms with E-state index in [1.54, 1.807) is 24.3 Å². The number of nitrogens with zero attached hydrogens (tertiary/aromatic N) is 1. The normalized spacial score (nSPS) is 11.0. The van der Waals surface area contributed by atoms with Gasteiger partial charge in [0.1, 0.15) is 30.6 Å². The van der Waals surface area contributed by atoms with E-state index < -0.39 is 5.91 Å². The number of aryl methyl sites for hydroxylation is 2. The van der Waals surface area contributed by atoms with Crippen LogP contribution >= 0.6 is 23.2 Å². The number of benzene rings is 3. The molecule has 0 unspecified atom stereocenters. The van der Waals surface area contributed by atoms with E-state index in [0.717, 1.165) is 16.9 Å². The van der Waals surface area contributed by atoms with E-state index in [0.29, 0.717) is 36.8 Å². The van der Waals surface area contributed by atoms with Gasteiger partial charge in [-0.15, -0.1) is 0 Å². The average Bonchev–Trinajstić information content (AvgIpc) is 2.85. The highest BCUT2D eigenvalue weighted by atomic mass is 35.5. The number of carbonyl (C=O) groups is 1. The van der Waals surface area contributed by atoms with Crippen LogP contribution < -0.4 is 14.8 Å². The molecule has 0 radical (unpaired) electrons. The van der Waals surface area contributed by atoms with Crippen LogP contribution in [0.15, 0.2) is 66.2 Å². The van der Waals surface area contributed by atoms with Crippen molar-refractivity contribution in [1.82, 2.24) is 0 Å². The van der Waals surface area contributed by atoms with Crippen LogP contribution in [0.2, 0.25) is 10.0 Å². The standard InChI is InChI=1S/C28H26Cl2N2O4/c1-19-7-3-5-9-25(19)32-28(33)22(18-31)15-21-16-23(29)27(24(30)17-21)36-14-12-34-11-13-35-26-10-6-4-8-20(26)2/h3-10,15-17H,11-14H2,1-2H3,(H,32,33)/b22-15+. The molecule has 0 aliphatic heterocycles. The fourth-order valence-electron chi connectivity index (χ4n) is 3.25. The number of rotatable bonds is 11. The first kappa shape index (κ1) is 27.1. The molecule has 0 saturated carbocycles. The lowest BCUT2D eigenvalue weighted by molar-refractivity contribution is -0.112. The number of amides is 1. The molecule has 0 atom stereocenters. The molecule has 3 aromatic rings. The van der Waals surface area contributed by atoms with Crippen LogP contribution in [0.5, 0.6) is 11.5 Å². The second-order valence-corrected chi connectivity index (χ2v) is 8.64. The van der Waals surface area contributed by atoms with E-state index in [9.17, 15) is 10.1 Å². The molecule has 0 fully saturated rings. The number of nitriles is 1. The number of para-hydroxylation sites is 2. The molecule has 6 nitrogen and oxygen atoms in total. The Morgan fingerprint density at radius 3 is 2.17 bits per heavy atom. The zero-order chi connectivity index (χ0) is 25.9. The Morgan fingerprint density at radius 2 is 1.53 bits per heavy atom. The smallest absolute Gasteiger partial charge is 0.266 e. The van der Waals surface area contributed by atoms with Crippen molar-refractivity contribution in [2.45, 2.75) is 13.8 Å². The Kier molecular flexibility index (Phi) is 10.2. The number of nitrogens with one attached hydrogen (secondary N) is 1. The molecule has 186 valence electrons. The Balaban J connectivity index is 1.52. The summed E-state index contributed by atoms with van der Waals surface area (Å²) >= 11 is 12.7. The molecular formula is C28H26Cl2N2O4. The Labute approximate surface area is 221 Å². The van der Waals surface area contributed by atoms with Crippen LogP contribution in [0, 0.1) is 25.2 Å². The van der Waals surface area contributed by atoms with E-state index in [1.165, 1.54) is 6.08 Å². The minimum absolute atomic E-state index is 0.0830. The lowest BCUT2D eigenvalue weighted by Crippen LogP contribution is -2.14. The first-order valence-electron chi connectivity index (χ1n) is 11.3. The first-order chi connectivity index (χ1) is 17.4. The van der Waals surface area contributed by atoms with Crippen LogP contribution in [-0.2, 0) is 9.53 Å². The van der Waals surface area contributed by atoms with Gasteiger partial charge in [0.2, 0.25) is 0 Å². The number of hydrogen-bond acceptors (Lipinski definition) is 5. The highest BCUT2D eigenvalue weighted by molar-refractivity contribution is 6.37. The monoisotopic (exact) mass is 524 g/mol. The zero-order valence-corrected chi connectivity index (χ0v) is 21.5. The van der Waals surface area contributed by atoms with Crippen molar-refractivity contribution in [2.75, 3.05) is 31.7 Å². The minimum atomic E-state index is -0.525. The van der Waals surface area contributed by atoms with Crippen molar-refractivity contribution >= 4 is 40.9 Å². The predicted molar refractivity (Wildman–Crippen MR) is 143 cm³/mol. The van der Waals surface area contributed by atoms with Crippen LogP contribution in [0.25, 0.3) is 6.08 Å². The van der Waals surface area contributed by atoms with Gasteiger partial charge in [0, 0.05) is 5.69 Å². The molecule has 0 aromatic heterocycles. The van der Waals surface area contributed by atoms with Gasteiger partial charge < -0.3 is 19.5 Å². The maximum Gasteiger partial charge on any atom is 0.266 e. The summed E-state index contributed by atoms with van der Waals surface area (Å²) in [4.78, 5) is 12.6. The van der Waals surface area contributed by atoms with Crippen molar-refractivity contribution in [1.29, 1.82) is 5.26 Å². The van der Waals surface area contributed by atoms with Gasteiger partial charge in [0.15, 0.2) is 5.75 Å². The summed E-state index contributed by atoms with van der Waals surface area (Å²) in [5.74, 6) is 0.610. The second-order valence-electron chi connectivity index (χ2n) is 7.83. The maximum absolute atomic E-state index is 12.6. The molecule has 3 rings (SSSR count). The topological polar surface area (TPSA) is 80.6 Å². The number of hydrogen-bond donors (Lipinski definition) is 1. The molecule has 0 aliphatic rings. The molecule has 36 heavy (non-hydrogen) atoms. The summed E-state index contributed by atoms with van der Waals surface area (Å²) in [5, 5.41) is 12.7. The molecule has 3 aromatic carbocycles. The fourth-order valence-corrected chi connectivity index (χ4v) is 3.87. The summed E-state index contributed by atoms with van der Waals surface area (Å²) in [6, 6.07) is 20.2. The molecule has 1 N–H and O–H groups in total. The maximum atomic E-state index is 12.6. The van der Waals surface area contributed by atoms with Gasteiger partial charge in [0.25, 0.3) is 5.91 Å². The molecular weight excluding hydrogens is 499 g/mol. The third-order valence-corrected chi connectivity index (χ3v) is 5.70. The molecule has 8 heteroatoms. The summed E-state index contributed by atoms with van der Waals surface area (Å²) in [6.45, 7) is 5.24. The molecule has 0 saturated heterocycles. The zero-order valence-electron chi connectivity index (χ0n) is 20.0. The third kappa shape index (κ3) is 7.76. The van der Waals surface area contributed by atoms with E-state index in [4.69, 9.17) is 37.4 Å². The Hall–Kier alpha value is -3.50. The van der Waals surface area contributed by atoms with Crippen molar-refractivity contribution in [3.8, 4) is 17.6 Å². The highest BCUT2D eigenvalue weighted by Gasteiger charge is 2.13.